The van der Waals surface area contributed by atoms with Gasteiger partial charge in [0.25, 0.3) is 0 Å². The number of rotatable bonds is 4. The molecule has 1 aliphatic carbocycles. The van der Waals surface area contributed by atoms with Crippen molar-refractivity contribution in [3.63, 3.8) is 0 Å². The summed E-state index contributed by atoms with van der Waals surface area (Å²) in [6.45, 7) is 5.29. The van der Waals surface area contributed by atoms with Crippen molar-refractivity contribution < 1.29 is 0 Å². The van der Waals surface area contributed by atoms with Gasteiger partial charge in [-0.3, -0.25) is 4.98 Å². The molecule has 88 valence electrons. The zero-order chi connectivity index (χ0) is 11.4. The van der Waals surface area contributed by atoms with Gasteiger partial charge in [-0.25, -0.2) is 0 Å². The van der Waals surface area contributed by atoms with Gasteiger partial charge in [-0.1, -0.05) is 18.9 Å². The van der Waals surface area contributed by atoms with Gasteiger partial charge in [0.1, 0.15) is 0 Å². The fraction of sp³-hybridized carbons (Fsp3) is 0.643. The van der Waals surface area contributed by atoms with E-state index in [1.807, 2.05) is 6.20 Å². The highest BCUT2D eigenvalue weighted by atomic mass is 14.9. The molecule has 1 heterocycles. The van der Waals surface area contributed by atoms with Crippen molar-refractivity contribution in [1.82, 2.24) is 10.3 Å². The third-order valence-corrected chi connectivity index (χ3v) is 3.68. The normalized spacial score (nSPS) is 18.9. The maximum Gasteiger partial charge on any atom is 0.0541 e. The van der Waals surface area contributed by atoms with Crippen LogP contribution in [-0.4, -0.2) is 11.0 Å². The van der Waals surface area contributed by atoms with Crippen LogP contribution in [0, 0.1) is 12.8 Å². The summed E-state index contributed by atoms with van der Waals surface area (Å²) in [4.78, 5) is 4.41. The van der Waals surface area contributed by atoms with Crippen LogP contribution in [0.5, 0.6) is 0 Å². The summed E-state index contributed by atoms with van der Waals surface area (Å²) in [6.07, 6.45) is 7.57. The van der Waals surface area contributed by atoms with Gasteiger partial charge in [0.05, 0.1) is 5.69 Å². The highest BCUT2D eigenvalue weighted by Crippen LogP contribution is 2.27. The van der Waals surface area contributed by atoms with Crippen LogP contribution >= 0.6 is 0 Å². The zero-order valence-corrected chi connectivity index (χ0v) is 10.4. The van der Waals surface area contributed by atoms with E-state index >= 15 is 0 Å². The molecule has 1 N–H and O–H groups in total. The first-order chi connectivity index (χ1) is 7.75. The van der Waals surface area contributed by atoms with Crippen LogP contribution in [-0.2, 0) is 6.54 Å². The van der Waals surface area contributed by atoms with Crippen molar-refractivity contribution in [3.05, 3.63) is 29.6 Å². The second-order valence-electron chi connectivity index (χ2n) is 5.04. The molecule has 0 aromatic carbocycles. The van der Waals surface area contributed by atoms with Crippen LogP contribution in [0.15, 0.2) is 18.3 Å². The van der Waals surface area contributed by atoms with Gasteiger partial charge in [0.15, 0.2) is 0 Å². The molecule has 1 saturated carbocycles. The Morgan fingerprint density at radius 3 is 2.75 bits per heavy atom. The zero-order valence-electron chi connectivity index (χ0n) is 10.4. The maximum atomic E-state index is 4.41. The number of nitrogens with one attached hydrogen (secondary N) is 1. The minimum atomic E-state index is 0.630. The molecule has 1 atom stereocenters. The number of pyridine rings is 1. The van der Waals surface area contributed by atoms with Crippen molar-refractivity contribution in [2.75, 3.05) is 0 Å². The van der Waals surface area contributed by atoms with E-state index in [9.17, 15) is 0 Å². The lowest BCUT2D eigenvalue weighted by Crippen LogP contribution is -2.31. The standard InChI is InChI=1S/C14H22N2/c1-11-7-8-14(16-9-11)10-15-12(2)13-5-3-4-6-13/h7-9,12-13,15H,3-6,10H2,1-2H3. The predicted molar refractivity (Wildman–Crippen MR) is 67.2 cm³/mol. The van der Waals surface area contributed by atoms with Gasteiger partial charge in [-0.05, 0) is 44.2 Å². The molecular formula is C14H22N2. The summed E-state index contributed by atoms with van der Waals surface area (Å²) in [5.41, 5.74) is 2.38. The van der Waals surface area contributed by atoms with E-state index in [2.05, 4.69) is 36.3 Å². The van der Waals surface area contributed by atoms with Crippen molar-refractivity contribution >= 4 is 0 Å². The second kappa shape index (κ2) is 5.44. The van der Waals surface area contributed by atoms with Gasteiger partial charge in [0, 0.05) is 18.8 Å². The molecule has 16 heavy (non-hydrogen) atoms. The largest absolute Gasteiger partial charge is 0.308 e. The topological polar surface area (TPSA) is 24.9 Å². The molecule has 1 unspecified atom stereocenters. The lowest BCUT2D eigenvalue weighted by molar-refractivity contribution is 0.379. The summed E-state index contributed by atoms with van der Waals surface area (Å²) in [5, 5.41) is 3.60. The summed E-state index contributed by atoms with van der Waals surface area (Å²) < 4.78 is 0. The van der Waals surface area contributed by atoms with Crippen LogP contribution in [0.25, 0.3) is 0 Å². The third-order valence-electron chi connectivity index (χ3n) is 3.68. The molecular weight excluding hydrogens is 196 g/mol. The minimum Gasteiger partial charge on any atom is -0.308 e. The maximum absolute atomic E-state index is 4.41. The predicted octanol–water partition coefficient (Wildman–Crippen LogP) is 3.06. The van der Waals surface area contributed by atoms with E-state index in [1.54, 1.807) is 0 Å². The van der Waals surface area contributed by atoms with Crippen molar-refractivity contribution in [3.8, 4) is 0 Å². The Labute approximate surface area is 98.5 Å². The van der Waals surface area contributed by atoms with E-state index in [0.29, 0.717) is 6.04 Å². The smallest absolute Gasteiger partial charge is 0.0541 e. The fourth-order valence-electron chi connectivity index (χ4n) is 2.49. The Morgan fingerprint density at radius 1 is 1.38 bits per heavy atom. The Kier molecular flexibility index (Phi) is 3.94. The van der Waals surface area contributed by atoms with Gasteiger partial charge in [0.2, 0.25) is 0 Å². The molecule has 2 heteroatoms. The number of aromatic nitrogens is 1. The first kappa shape index (κ1) is 11.6. The van der Waals surface area contributed by atoms with Crippen molar-refractivity contribution in [1.29, 1.82) is 0 Å². The van der Waals surface area contributed by atoms with E-state index in [4.69, 9.17) is 0 Å². The first-order valence-corrected chi connectivity index (χ1v) is 6.40. The Hall–Kier alpha value is -0.890. The Morgan fingerprint density at radius 2 is 2.12 bits per heavy atom. The van der Waals surface area contributed by atoms with Crippen LogP contribution in [0.2, 0.25) is 0 Å². The Balaban J connectivity index is 1.80. The number of nitrogens with zero attached hydrogens (tertiary/aromatic N) is 1. The summed E-state index contributed by atoms with van der Waals surface area (Å²) in [6, 6.07) is 4.87. The molecule has 0 saturated heterocycles. The summed E-state index contributed by atoms with van der Waals surface area (Å²) in [5.74, 6) is 0.880. The minimum absolute atomic E-state index is 0.630. The average molecular weight is 218 g/mol. The van der Waals surface area contributed by atoms with E-state index < -0.39 is 0 Å². The SMILES string of the molecule is Cc1ccc(CNC(C)C2CCCC2)nc1. The van der Waals surface area contributed by atoms with Crippen LogP contribution in [0.1, 0.15) is 43.9 Å². The molecule has 1 aromatic rings. The van der Waals surface area contributed by atoms with Gasteiger partial charge in [-0.15, -0.1) is 0 Å². The molecule has 1 aromatic heterocycles. The van der Waals surface area contributed by atoms with E-state index in [0.717, 1.165) is 18.2 Å². The molecule has 0 bridgehead atoms. The highest BCUT2D eigenvalue weighted by Gasteiger charge is 2.20. The number of aryl methyl sites for hydroxylation is 1. The average Bonchev–Trinajstić information content (AvgIpc) is 2.81. The molecule has 2 nitrogen and oxygen atoms in total. The second-order valence-corrected chi connectivity index (χ2v) is 5.04. The van der Waals surface area contributed by atoms with Crippen LogP contribution < -0.4 is 5.32 Å². The van der Waals surface area contributed by atoms with E-state index in [1.165, 1.54) is 31.2 Å². The Bertz CT molecular complexity index is 312. The summed E-state index contributed by atoms with van der Waals surface area (Å²) >= 11 is 0. The van der Waals surface area contributed by atoms with E-state index in [-0.39, 0.29) is 0 Å². The fourth-order valence-corrected chi connectivity index (χ4v) is 2.49. The lowest BCUT2D eigenvalue weighted by atomic mass is 10.00. The molecule has 2 rings (SSSR count). The van der Waals surface area contributed by atoms with Gasteiger partial charge in [-0.2, -0.15) is 0 Å². The molecule has 0 radical (unpaired) electrons. The molecule has 1 fully saturated rings. The molecule has 0 amide bonds. The van der Waals surface area contributed by atoms with Crippen LogP contribution in [0.3, 0.4) is 0 Å². The molecule has 1 aliphatic rings. The number of hydrogen-bond donors (Lipinski definition) is 1. The molecule has 0 spiro atoms. The summed E-state index contributed by atoms with van der Waals surface area (Å²) in [7, 11) is 0. The van der Waals surface area contributed by atoms with Crippen molar-refractivity contribution in [2.24, 2.45) is 5.92 Å². The van der Waals surface area contributed by atoms with Crippen molar-refractivity contribution in [2.45, 2.75) is 52.1 Å². The third kappa shape index (κ3) is 3.05. The first-order valence-electron chi connectivity index (χ1n) is 6.40. The van der Waals surface area contributed by atoms with Gasteiger partial charge >= 0.3 is 0 Å². The van der Waals surface area contributed by atoms with Crippen LogP contribution in [0.4, 0.5) is 0 Å². The number of hydrogen-bond acceptors (Lipinski definition) is 2. The lowest BCUT2D eigenvalue weighted by Gasteiger charge is -2.20. The quantitative estimate of drug-likeness (QED) is 0.840. The highest BCUT2D eigenvalue weighted by molar-refractivity contribution is 5.12. The molecule has 0 aliphatic heterocycles. The monoisotopic (exact) mass is 218 g/mol. The van der Waals surface area contributed by atoms with Gasteiger partial charge < -0.3 is 5.32 Å².